The van der Waals surface area contributed by atoms with Gasteiger partial charge in [0.05, 0.1) is 12.0 Å². The van der Waals surface area contributed by atoms with E-state index in [0.717, 1.165) is 30.5 Å². The van der Waals surface area contributed by atoms with Crippen LogP contribution in [0.15, 0.2) is 30.3 Å². The molecule has 0 saturated carbocycles. The number of rotatable bonds is 3. The highest BCUT2D eigenvalue weighted by Crippen LogP contribution is 2.29. The predicted molar refractivity (Wildman–Crippen MR) is 78.8 cm³/mol. The third-order valence-electron chi connectivity index (χ3n) is 4.49. The lowest BCUT2D eigenvalue weighted by Gasteiger charge is -2.41. The molecule has 2 heteroatoms. The topological polar surface area (TPSA) is 27.0 Å². The average molecular weight is 256 g/mol. The number of hydrogen-bond acceptors (Lipinski definition) is 2. The molecule has 19 heavy (non-hydrogen) atoms. The summed E-state index contributed by atoms with van der Waals surface area (Å²) in [5.41, 5.74) is 1.14. The fourth-order valence-electron chi connectivity index (χ4n) is 3.21. The van der Waals surface area contributed by atoms with Crippen molar-refractivity contribution in [3.05, 3.63) is 35.9 Å². The van der Waals surface area contributed by atoms with Crippen molar-refractivity contribution < 1.29 is 0 Å². The van der Waals surface area contributed by atoms with E-state index < -0.39 is 0 Å². The van der Waals surface area contributed by atoms with Gasteiger partial charge in [-0.1, -0.05) is 44.2 Å². The number of piperidine rings is 1. The van der Waals surface area contributed by atoms with E-state index in [9.17, 15) is 5.26 Å². The molecule has 4 atom stereocenters. The van der Waals surface area contributed by atoms with E-state index in [1.54, 1.807) is 0 Å². The van der Waals surface area contributed by atoms with Crippen molar-refractivity contribution in [3.63, 3.8) is 0 Å². The monoisotopic (exact) mass is 256 g/mol. The highest BCUT2D eigenvalue weighted by molar-refractivity contribution is 5.25. The average Bonchev–Trinajstić information content (AvgIpc) is 2.42. The van der Waals surface area contributed by atoms with Crippen LogP contribution in [0, 0.1) is 23.2 Å². The highest BCUT2D eigenvalue weighted by atomic mass is 15.2. The van der Waals surface area contributed by atoms with Gasteiger partial charge >= 0.3 is 0 Å². The first kappa shape index (κ1) is 14.1. The first-order valence-corrected chi connectivity index (χ1v) is 7.30. The Labute approximate surface area is 117 Å². The number of hydrogen-bond donors (Lipinski definition) is 0. The molecule has 1 aliphatic heterocycles. The van der Waals surface area contributed by atoms with Crippen molar-refractivity contribution in [2.24, 2.45) is 11.8 Å². The van der Waals surface area contributed by atoms with Crippen molar-refractivity contribution in [3.8, 4) is 6.07 Å². The molecule has 0 N–H and O–H groups in total. The maximum Gasteiger partial charge on any atom is 0.0839 e. The van der Waals surface area contributed by atoms with Crippen LogP contribution >= 0.6 is 0 Å². The molecule has 102 valence electrons. The first-order chi connectivity index (χ1) is 9.11. The Balaban J connectivity index is 2.08. The Morgan fingerprint density at radius 2 is 1.95 bits per heavy atom. The van der Waals surface area contributed by atoms with E-state index in [2.05, 4.69) is 43.9 Å². The van der Waals surface area contributed by atoms with E-state index in [4.69, 9.17) is 0 Å². The minimum atomic E-state index is -0.0128. The van der Waals surface area contributed by atoms with E-state index >= 15 is 0 Å². The maximum absolute atomic E-state index is 9.45. The molecule has 4 unspecified atom stereocenters. The van der Waals surface area contributed by atoms with Gasteiger partial charge in [0, 0.05) is 19.1 Å². The fraction of sp³-hybridized carbons (Fsp3) is 0.588. The van der Waals surface area contributed by atoms with Gasteiger partial charge in [-0.2, -0.15) is 5.26 Å². The molecule has 1 heterocycles. The Kier molecular flexibility index (Phi) is 4.61. The van der Waals surface area contributed by atoms with Crippen molar-refractivity contribution >= 4 is 0 Å². The molecular formula is C17H24N2. The highest BCUT2D eigenvalue weighted by Gasteiger charge is 2.30. The zero-order chi connectivity index (χ0) is 13.8. The molecule has 0 spiro atoms. The summed E-state index contributed by atoms with van der Waals surface area (Å²) in [6.45, 7) is 8.93. The van der Waals surface area contributed by atoms with Gasteiger partial charge in [-0.25, -0.2) is 0 Å². The molecule has 2 nitrogen and oxygen atoms in total. The SMILES string of the molecule is CC1CC(C)C(C)N(CC(C#N)c2ccccc2)C1. The lowest BCUT2D eigenvalue weighted by Crippen LogP contribution is -2.47. The minimum Gasteiger partial charge on any atom is -0.298 e. The second-order valence-corrected chi connectivity index (χ2v) is 6.11. The molecule has 1 aromatic rings. The molecule has 1 aromatic carbocycles. The minimum absolute atomic E-state index is 0.0128. The standard InChI is InChI=1S/C17H24N2/c1-13-9-14(2)15(3)19(11-13)12-17(10-18)16-7-5-4-6-8-16/h4-8,13-15,17H,9,11-12H2,1-3H3. The maximum atomic E-state index is 9.45. The molecule has 0 amide bonds. The van der Waals surface area contributed by atoms with Gasteiger partial charge in [-0.3, -0.25) is 4.90 Å². The van der Waals surface area contributed by atoms with Crippen LogP contribution in [0.1, 0.15) is 38.7 Å². The molecule has 1 fully saturated rings. The smallest absolute Gasteiger partial charge is 0.0839 e. The Bertz CT molecular complexity index is 434. The Morgan fingerprint density at radius 3 is 2.58 bits per heavy atom. The lowest BCUT2D eigenvalue weighted by molar-refractivity contribution is 0.0779. The van der Waals surface area contributed by atoms with Gasteiger partial charge in [0.2, 0.25) is 0 Å². The number of benzene rings is 1. The van der Waals surface area contributed by atoms with Gasteiger partial charge in [0.1, 0.15) is 0 Å². The summed E-state index contributed by atoms with van der Waals surface area (Å²) in [6, 6.07) is 13.2. The quantitative estimate of drug-likeness (QED) is 0.825. The zero-order valence-corrected chi connectivity index (χ0v) is 12.2. The number of nitriles is 1. The normalized spacial score (nSPS) is 29.7. The molecule has 0 bridgehead atoms. The molecule has 1 saturated heterocycles. The zero-order valence-electron chi connectivity index (χ0n) is 12.2. The van der Waals surface area contributed by atoms with Crippen molar-refractivity contribution in [2.75, 3.05) is 13.1 Å². The van der Waals surface area contributed by atoms with Gasteiger partial charge in [-0.05, 0) is 30.7 Å². The Morgan fingerprint density at radius 1 is 1.26 bits per heavy atom. The van der Waals surface area contributed by atoms with Crippen LogP contribution in [-0.2, 0) is 0 Å². The molecule has 1 aliphatic rings. The van der Waals surface area contributed by atoms with E-state index in [1.807, 2.05) is 18.2 Å². The molecule has 0 aliphatic carbocycles. The lowest BCUT2D eigenvalue weighted by atomic mass is 9.85. The number of nitrogens with zero attached hydrogens (tertiary/aromatic N) is 2. The summed E-state index contributed by atoms with van der Waals surface area (Å²) < 4.78 is 0. The van der Waals surface area contributed by atoms with Crippen LogP contribution < -0.4 is 0 Å². The van der Waals surface area contributed by atoms with E-state index in [1.165, 1.54) is 6.42 Å². The summed E-state index contributed by atoms with van der Waals surface area (Å²) >= 11 is 0. The predicted octanol–water partition coefficient (Wildman–Crippen LogP) is 3.66. The van der Waals surface area contributed by atoms with Crippen molar-refractivity contribution in [1.82, 2.24) is 4.90 Å². The second-order valence-electron chi connectivity index (χ2n) is 6.11. The summed E-state index contributed by atoms with van der Waals surface area (Å²) in [6.07, 6.45) is 1.31. The summed E-state index contributed by atoms with van der Waals surface area (Å²) in [5.74, 6) is 1.45. The van der Waals surface area contributed by atoms with E-state index in [-0.39, 0.29) is 5.92 Å². The van der Waals surface area contributed by atoms with Crippen LogP contribution in [0.4, 0.5) is 0 Å². The van der Waals surface area contributed by atoms with Crippen LogP contribution in [0.3, 0.4) is 0 Å². The van der Waals surface area contributed by atoms with Gasteiger partial charge in [-0.15, -0.1) is 0 Å². The molecule has 0 radical (unpaired) electrons. The molecule has 0 aromatic heterocycles. The van der Waals surface area contributed by atoms with Crippen molar-refractivity contribution in [1.29, 1.82) is 5.26 Å². The summed E-state index contributed by atoms with van der Waals surface area (Å²) in [4.78, 5) is 2.50. The summed E-state index contributed by atoms with van der Waals surface area (Å²) in [7, 11) is 0. The largest absolute Gasteiger partial charge is 0.298 e. The number of likely N-dealkylation sites (tertiary alicyclic amines) is 1. The van der Waals surface area contributed by atoms with Crippen LogP contribution in [0.2, 0.25) is 0 Å². The van der Waals surface area contributed by atoms with Gasteiger partial charge in [0.25, 0.3) is 0 Å². The van der Waals surface area contributed by atoms with Gasteiger partial charge < -0.3 is 0 Å². The third kappa shape index (κ3) is 3.36. The fourth-order valence-corrected chi connectivity index (χ4v) is 3.21. The molecular weight excluding hydrogens is 232 g/mol. The molecule has 2 rings (SSSR count). The third-order valence-corrected chi connectivity index (χ3v) is 4.49. The van der Waals surface area contributed by atoms with Crippen LogP contribution in [0.5, 0.6) is 0 Å². The van der Waals surface area contributed by atoms with Crippen LogP contribution in [0.25, 0.3) is 0 Å². The first-order valence-electron chi connectivity index (χ1n) is 7.30. The summed E-state index contributed by atoms with van der Waals surface area (Å²) in [5, 5.41) is 9.45. The van der Waals surface area contributed by atoms with Crippen molar-refractivity contribution in [2.45, 2.75) is 39.2 Å². The second kappa shape index (κ2) is 6.21. The van der Waals surface area contributed by atoms with E-state index in [0.29, 0.717) is 6.04 Å². The Hall–Kier alpha value is -1.33. The van der Waals surface area contributed by atoms with Crippen LogP contribution in [-0.4, -0.2) is 24.0 Å². The van der Waals surface area contributed by atoms with Gasteiger partial charge in [0.15, 0.2) is 0 Å².